The van der Waals surface area contributed by atoms with Gasteiger partial charge in [-0.25, -0.2) is 9.79 Å². The zero-order chi connectivity index (χ0) is 20.9. The minimum atomic E-state index is -0.458. The summed E-state index contributed by atoms with van der Waals surface area (Å²) in [6.07, 6.45) is 10.3. The largest absolute Gasteiger partial charge is 0.444 e. The maximum Gasteiger partial charge on any atom is 0.410 e. The summed E-state index contributed by atoms with van der Waals surface area (Å²) in [5.74, 6) is 1.46. The van der Waals surface area contributed by atoms with Crippen LogP contribution in [0.15, 0.2) is 4.99 Å². The van der Waals surface area contributed by atoms with Crippen molar-refractivity contribution in [1.29, 1.82) is 0 Å². The summed E-state index contributed by atoms with van der Waals surface area (Å²) in [7, 11) is 0. The van der Waals surface area contributed by atoms with Crippen molar-refractivity contribution < 1.29 is 14.3 Å². The average Bonchev–Trinajstić information content (AvgIpc) is 3.28. The third-order valence-corrected chi connectivity index (χ3v) is 8.64. The van der Waals surface area contributed by atoms with E-state index in [-0.39, 0.29) is 12.0 Å². The van der Waals surface area contributed by atoms with Crippen LogP contribution in [0.2, 0.25) is 0 Å². The van der Waals surface area contributed by atoms with E-state index in [0.717, 1.165) is 36.6 Å². The van der Waals surface area contributed by atoms with Crippen molar-refractivity contribution in [3.63, 3.8) is 0 Å². The second-order valence-corrected chi connectivity index (χ2v) is 12.7. The molecule has 0 aromatic carbocycles. The zero-order valence-electron chi connectivity index (χ0n) is 18.5. The number of hydrogen-bond donors (Lipinski definition) is 0. The fraction of sp³-hybridized carbons (Fsp3) is 0.870. The molecule has 0 aromatic rings. The molecule has 4 aliphatic rings. The number of piperidine rings is 1. The van der Waals surface area contributed by atoms with Crippen LogP contribution in [-0.2, 0) is 9.53 Å². The van der Waals surface area contributed by atoms with Gasteiger partial charge in [0.1, 0.15) is 10.3 Å². The average molecular weight is 421 g/mol. The third-order valence-electron chi connectivity index (χ3n) is 7.38. The van der Waals surface area contributed by atoms with Gasteiger partial charge in [0.05, 0.1) is 5.04 Å². The van der Waals surface area contributed by atoms with E-state index in [1.807, 2.05) is 25.7 Å². The van der Waals surface area contributed by atoms with E-state index in [1.54, 1.807) is 11.8 Å². The molecule has 0 aromatic heterocycles. The Morgan fingerprint density at radius 2 is 1.86 bits per heavy atom. The maximum absolute atomic E-state index is 12.8. The van der Waals surface area contributed by atoms with Crippen molar-refractivity contribution in [3.8, 4) is 0 Å². The van der Waals surface area contributed by atoms with Crippen molar-refractivity contribution in [2.24, 2.45) is 22.2 Å². The topological polar surface area (TPSA) is 59.0 Å². The highest BCUT2D eigenvalue weighted by molar-refractivity contribution is 8.16. The van der Waals surface area contributed by atoms with Gasteiger partial charge in [-0.05, 0) is 96.3 Å². The highest BCUT2D eigenvalue weighted by Gasteiger charge is 2.49. The number of ether oxygens (including phenoxy) is 1. The van der Waals surface area contributed by atoms with Crippen molar-refractivity contribution in [2.45, 2.75) is 95.8 Å². The van der Waals surface area contributed by atoms with E-state index in [4.69, 9.17) is 4.74 Å². The molecule has 6 heteroatoms. The number of thioether (sulfide) groups is 1. The predicted octanol–water partition coefficient (Wildman–Crippen LogP) is 5.42. The fourth-order valence-corrected chi connectivity index (χ4v) is 7.32. The minimum absolute atomic E-state index is 0.0658. The number of fused-ring (bicyclic) bond motifs is 2. The van der Waals surface area contributed by atoms with E-state index in [9.17, 15) is 9.59 Å². The normalized spacial score (nSPS) is 35.3. The van der Waals surface area contributed by atoms with Gasteiger partial charge in [0.15, 0.2) is 0 Å². The highest BCUT2D eigenvalue weighted by Crippen LogP contribution is 2.57. The number of carbonyl (C=O) groups is 2. The van der Waals surface area contributed by atoms with Gasteiger partial charge in [0, 0.05) is 19.5 Å². The fourth-order valence-electron chi connectivity index (χ4n) is 5.84. The van der Waals surface area contributed by atoms with Gasteiger partial charge in [-0.15, -0.1) is 0 Å². The Kier molecular flexibility index (Phi) is 5.54. The van der Waals surface area contributed by atoms with Crippen molar-refractivity contribution in [3.05, 3.63) is 0 Å². The summed E-state index contributed by atoms with van der Waals surface area (Å²) in [6.45, 7) is 9.21. The van der Waals surface area contributed by atoms with E-state index in [1.165, 1.54) is 32.1 Å². The molecule has 0 spiro atoms. The second kappa shape index (κ2) is 7.58. The molecule has 2 aliphatic carbocycles. The molecule has 29 heavy (non-hydrogen) atoms. The summed E-state index contributed by atoms with van der Waals surface area (Å²) in [6, 6.07) is 0. The number of hydrogen-bond acceptors (Lipinski definition) is 4. The summed E-state index contributed by atoms with van der Waals surface area (Å²) in [4.78, 5) is 31.4. The zero-order valence-corrected chi connectivity index (χ0v) is 19.3. The Morgan fingerprint density at radius 1 is 1.21 bits per heavy atom. The van der Waals surface area contributed by atoms with Crippen LogP contribution in [0.5, 0.6) is 0 Å². The first-order chi connectivity index (χ1) is 13.6. The van der Waals surface area contributed by atoms with E-state index in [0.29, 0.717) is 24.4 Å². The lowest BCUT2D eigenvalue weighted by Gasteiger charge is -2.35. The Hall–Kier alpha value is -1.04. The number of nitrogens with zero attached hydrogens (tertiary/aromatic N) is 2. The molecule has 2 amide bonds. The molecular weight excluding hydrogens is 384 g/mol. The molecule has 0 N–H and O–H groups in total. The lowest BCUT2D eigenvalue weighted by Crippen LogP contribution is -2.43. The molecule has 4 rings (SSSR count). The van der Waals surface area contributed by atoms with Crippen LogP contribution < -0.4 is 0 Å². The molecule has 1 saturated heterocycles. The van der Waals surface area contributed by atoms with Gasteiger partial charge in [-0.1, -0.05) is 11.8 Å². The van der Waals surface area contributed by atoms with Crippen LogP contribution in [0.4, 0.5) is 4.79 Å². The summed E-state index contributed by atoms with van der Waals surface area (Å²) >= 11 is 1.74. The summed E-state index contributed by atoms with van der Waals surface area (Å²) in [5.41, 5.74) is -0.0129. The Morgan fingerprint density at radius 3 is 2.41 bits per heavy atom. The number of aliphatic imine (C=N–C) groups is 1. The van der Waals surface area contributed by atoms with Crippen LogP contribution in [-0.4, -0.2) is 45.4 Å². The standard InChI is InChI=1S/C23H36N2O3S/c1-21(2,3)28-20(27)25-11-7-17(8-12-25)13-22(4)19(26)24-18(29-22)15-23-9-5-16(14-23)6-10-23/h16-17H,5-15H2,1-4H3. The monoisotopic (exact) mass is 420 g/mol. The molecule has 2 heterocycles. The van der Waals surface area contributed by atoms with E-state index >= 15 is 0 Å². The van der Waals surface area contributed by atoms with Gasteiger partial charge in [0.2, 0.25) is 0 Å². The smallest absolute Gasteiger partial charge is 0.410 e. The van der Waals surface area contributed by atoms with Crippen molar-refractivity contribution >= 4 is 28.8 Å². The molecule has 2 bridgehead atoms. The molecule has 0 radical (unpaired) electrons. The Bertz CT molecular complexity index is 697. The molecule has 3 fully saturated rings. The number of amides is 2. The SMILES string of the molecule is CC(C)(C)OC(=O)N1CCC(CC2(C)SC(CC34CCC(CC3)C4)=NC2=O)CC1. The summed E-state index contributed by atoms with van der Waals surface area (Å²) < 4.78 is 5.08. The Labute approximate surface area is 179 Å². The van der Waals surface area contributed by atoms with Gasteiger partial charge >= 0.3 is 6.09 Å². The first kappa shape index (κ1) is 21.2. The van der Waals surface area contributed by atoms with E-state index in [2.05, 4.69) is 11.9 Å². The molecule has 1 unspecified atom stereocenters. The molecule has 1 atom stereocenters. The number of rotatable bonds is 4. The van der Waals surface area contributed by atoms with Crippen LogP contribution in [0.3, 0.4) is 0 Å². The first-order valence-corrected chi connectivity index (χ1v) is 12.2. The lowest BCUT2D eigenvalue weighted by molar-refractivity contribution is -0.120. The number of carbonyl (C=O) groups excluding carboxylic acids is 2. The molecule has 162 valence electrons. The first-order valence-electron chi connectivity index (χ1n) is 11.3. The highest BCUT2D eigenvalue weighted by atomic mass is 32.2. The minimum Gasteiger partial charge on any atom is -0.444 e. The number of likely N-dealkylation sites (tertiary alicyclic amines) is 1. The van der Waals surface area contributed by atoms with Crippen molar-refractivity contribution in [1.82, 2.24) is 4.90 Å². The van der Waals surface area contributed by atoms with Gasteiger partial charge in [0.25, 0.3) is 5.91 Å². The predicted molar refractivity (Wildman–Crippen MR) is 117 cm³/mol. The molecule has 2 aliphatic heterocycles. The van der Waals surface area contributed by atoms with Gasteiger partial charge in [-0.3, -0.25) is 4.79 Å². The van der Waals surface area contributed by atoms with Crippen LogP contribution in [0.1, 0.15) is 85.5 Å². The van der Waals surface area contributed by atoms with Crippen LogP contribution >= 0.6 is 11.8 Å². The summed E-state index contributed by atoms with van der Waals surface area (Å²) in [5, 5.41) is 1.09. The van der Waals surface area contributed by atoms with Gasteiger partial charge in [-0.2, -0.15) is 0 Å². The molecular formula is C23H36N2O3S. The lowest BCUT2D eigenvalue weighted by atomic mass is 9.81. The Balaban J connectivity index is 1.28. The van der Waals surface area contributed by atoms with E-state index < -0.39 is 10.3 Å². The van der Waals surface area contributed by atoms with Crippen molar-refractivity contribution in [2.75, 3.05) is 13.1 Å². The third kappa shape index (κ3) is 4.67. The second-order valence-electron chi connectivity index (χ2n) is 11.1. The molecule has 2 saturated carbocycles. The van der Waals surface area contributed by atoms with Crippen LogP contribution in [0.25, 0.3) is 0 Å². The quantitative estimate of drug-likeness (QED) is 0.609. The van der Waals surface area contributed by atoms with Crippen LogP contribution in [0, 0.1) is 17.3 Å². The van der Waals surface area contributed by atoms with Gasteiger partial charge < -0.3 is 9.64 Å². The maximum atomic E-state index is 12.8. The molecule has 5 nitrogen and oxygen atoms in total.